The largest absolute Gasteiger partial charge is 0.356 e. The summed E-state index contributed by atoms with van der Waals surface area (Å²) in [5, 5.41) is 0. The number of nitrogens with one attached hydrogen (secondary N) is 1. The summed E-state index contributed by atoms with van der Waals surface area (Å²) in [6.45, 7) is 4.51. The number of halogens is 2. The molecule has 2 aliphatic rings. The molecule has 2 saturated heterocycles. The number of aromatic nitrogens is 3. The van der Waals surface area contributed by atoms with Crippen LogP contribution in [-0.2, 0) is 0 Å². The number of H-pyrrole nitrogens is 1. The molecule has 0 spiro atoms. The predicted octanol–water partition coefficient (Wildman–Crippen LogP) is 4.87. The van der Waals surface area contributed by atoms with E-state index in [0.29, 0.717) is 23.1 Å². The van der Waals surface area contributed by atoms with Crippen LogP contribution in [0.3, 0.4) is 0 Å². The standard InChI is InChI=1S/C24H27F2N5/c25-20-5-4-17(14-21(20)26)22-16-28-24(29-22)18-6-9-27-23(15-18)31-12-7-19(8-13-31)30-10-2-1-3-11-30/h4-6,9,14-16,19H,1-3,7-8,10-13H2,(H,28,29). The van der Waals surface area contributed by atoms with Gasteiger partial charge in [-0.15, -0.1) is 0 Å². The first-order valence-corrected chi connectivity index (χ1v) is 11.1. The molecule has 0 unspecified atom stereocenters. The first-order chi connectivity index (χ1) is 15.2. The van der Waals surface area contributed by atoms with Crippen LogP contribution in [0.1, 0.15) is 32.1 Å². The lowest BCUT2D eigenvalue weighted by Gasteiger charge is -2.40. The zero-order chi connectivity index (χ0) is 21.2. The Morgan fingerprint density at radius 2 is 1.65 bits per heavy atom. The van der Waals surface area contributed by atoms with Crippen LogP contribution in [-0.4, -0.2) is 52.1 Å². The van der Waals surface area contributed by atoms with E-state index in [9.17, 15) is 8.78 Å². The molecule has 0 saturated carbocycles. The van der Waals surface area contributed by atoms with Gasteiger partial charge in [0.25, 0.3) is 0 Å². The van der Waals surface area contributed by atoms with E-state index < -0.39 is 11.6 Å². The van der Waals surface area contributed by atoms with Crippen molar-refractivity contribution in [3.8, 4) is 22.6 Å². The maximum Gasteiger partial charge on any atom is 0.159 e. The number of rotatable bonds is 4. The van der Waals surface area contributed by atoms with Crippen molar-refractivity contribution in [1.82, 2.24) is 19.9 Å². The summed E-state index contributed by atoms with van der Waals surface area (Å²) >= 11 is 0. The summed E-state index contributed by atoms with van der Waals surface area (Å²) in [6.07, 6.45) is 9.84. The summed E-state index contributed by atoms with van der Waals surface area (Å²) in [5.41, 5.74) is 2.14. The molecule has 0 radical (unpaired) electrons. The lowest BCUT2D eigenvalue weighted by molar-refractivity contribution is 0.141. The molecule has 1 aromatic carbocycles. The number of aromatic amines is 1. The number of anilines is 1. The molecule has 31 heavy (non-hydrogen) atoms. The summed E-state index contributed by atoms with van der Waals surface area (Å²) in [6, 6.07) is 8.51. The molecule has 0 amide bonds. The fourth-order valence-electron chi connectivity index (χ4n) is 4.76. The second-order valence-corrected chi connectivity index (χ2v) is 8.49. The van der Waals surface area contributed by atoms with Crippen molar-refractivity contribution in [2.45, 2.75) is 38.1 Å². The van der Waals surface area contributed by atoms with Gasteiger partial charge in [0, 0.05) is 36.5 Å². The van der Waals surface area contributed by atoms with Crippen molar-refractivity contribution in [3.63, 3.8) is 0 Å². The van der Waals surface area contributed by atoms with Crippen LogP contribution in [0, 0.1) is 11.6 Å². The molecule has 5 rings (SSSR count). The minimum Gasteiger partial charge on any atom is -0.356 e. The van der Waals surface area contributed by atoms with E-state index in [-0.39, 0.29) is 0 Å². The van der Waals surface area contributed by atoms with Gasteiger partial charge in [0.2, 0.25) is 0 Å². The Labute approximate surface area is 181 Å². The first-order valence-electron chi connectivity index (χ1n) is 11.1. The maximum absolute atomic E-state index is 13.6. The molecule has 3 aromatic rings. The number of likely N-dealkylation sites (tertiary alicyclic amines) is 1. The molecule has 7 heteroatoms. The van der Waals surface area contributed by atoms with Gasteiger partial charge in [0.05, 0.1) is 11.9 Å². The Morgan fingerprint density at radius 3 is 2.42 bits per heavy atom. The van der Waals surface area contributed by atoms with Gasteiger partial charge in [0.15, 0.2) is 11.6 Å². The highest BCUT2D eigenvalue weighted by molar-refractivity contribution is 5.66. The minimum absolute atomic E-state index is 0.562. The molecule has 1 N–H and O–H groups in total. The third-order valence-electron chi connectivity index (χ3n) is 6.52. The summed E-state index contributed by atoms with van der Waals surface area (Å²) in [5.74, 6) is -0.0777. The van der Waals surface area contributed by atoms with Crippen LogP contribution in [0.2, 0.25) is 0 Å². The molecule has 0 bridgehead atoms. The average Bonchev–Trinajstić information content (AvgIpc) is 3.32. The summed E-state index contributed by atoms with van der Waals surface area (Å²) in [7, 11) is 0. The van der Waals surface area contributed by atoms with Gasteiger partial charge in [0.1, 0.15) is 11.6 Å². The third kappa shape index (κ3) is 4.32. The van der Waals surface area contributed by atoms with Gasteiger partial charge in [-0.1, -0.05) is 6.42 Å². The van der Waals surface area contributed by atoms with Crippen LogP contribution >= 0.6 is 0 Å². The van der Waals surface area contributed by atoms with Crippen LogP contribution < -0.4 is 4.90 Å². The van der Waals surface area contributed by atoms with E-state index in [1.807, 2.05) is 6.07 Å². The topological polar surface area (TPSA) is 48.1 Å². The van der Waals surface area contributed by atoms with Gasteiger partial charge in [-0.05, 0) is 69.1 Å². The van der Waals surface area contributed by atoms with Crippen molar-refractivity contribution in [2.75, 3.05) is 31.1 Å². The van der Waals surface area contributed by atoms with Crippen molar-refractivity contribution >= 4 is 5.82 Å². The quantitative estimate of drug-likeness (QED) is 0.650. The monoisotopic (exact) mass is 423 g/mol. The fourth-order valence-corrected chi connectivity index (χ4v) is 4.76. The van der Waals surface area contributed by atoms with Crippen LogP contribution in [0.25, 0.3) is 22.6 Å². The van der Waals surface area contributed by atoms with E-state index in [4.69, 9.17) is 0 Å². The number of pyridine rings is 1. The molecule has 0 atom stereocenters. The number of hydrogen-bond acceptors (Lipinski definition) is 4. The molecular weight excluding hydrogens is 396 g/mol. The minimum atomic E-state index is -0.868. The summed E-state index contributed by atoms with van der Waals surface area (Å²) in [4.78, 5) is 17.3. The Kier molecular flexibility index (Phi) is 5.68. The van der Waals surface area contributed by atoms with Gasteiger partial charge >= 0.3 is 0 Å². The second kappa shape index (κ2) is 8.75. The lowest BCUT2D eigenvalue weighted by atomic mass is 10.00. The van der Waals surface area contributed by atoms with Gasteiger partial charge < -0.3 is 14.8 Å². The normalized spacial score (nSPS) is 18.5. The Morgan fingerprint density at radius 1 is 0.839 bits per heavy atom. The van der Waals surface area contributed by atoms with Crippen molar-refractivity contribution in [3.05, 3.63) is 54.4 Å². The Hall–Kier alpha value is -2.80. The first kappa shape index (κ1) is 20.1. The Bertz CT molecular complexity index is 1040. The molecule has 5 nitrogen and oxygen atoms in total. The number of imidazole rings is 1. The molecule has 2 aliphatic heterocycles. The van der Waals surface area contributed by atoms with E-state index in [0.717, 1.165) is 30.5 Å². The zero-order valence-corrected chi connectivity index (χ0v) is 17.5. The fraction of sp³-hybridized carbons (Fsp3) is 0.417. The maximum atomic E-state index is 13.6. The van der Waals surface area contributed by atoms with Gasteiger partial charge in [-0.2, -0.15) is 0 Å². The highest BCUT2D eigenvalue weighted by Crippen LogP contribution is 2.28. The van der Waals surface area contributed by atoms with Crippen LogP contribution in [0.4, 0.5) is 14.6 Å². The van der Waals surface area contributed by atoms with Crippen LogP contribution in [0.15, 0.2) is 42.7 Å². The smallest absolute Gasteiger partial charge is 0.159 e. The molecular formula is C24H27F2N5. The highest BCUT2D eigenvalue weighted by Gasteiger charge is 2.26. The molecule has 2 aromatic heterocycles. The van der Waals surface area contributed by atoms with Crippen molar-refractivity contribution < 1.29 is 8.78 Å². The second-order valence-electron chi connectivity index (χ2n) is 8.49. The summed E-state index contributed by atoms with van der Waals surface area (Å²) < 4.78 is 26.8. The van der Waals surface area contributed by atoms with Crippen LogP contribution in [0.5, 0.6) is 0 Å². The number of nitrogens with zero attached hydrogens (tertiary/aromatic N) is 4. The van der Waals surface area contributed by atoms with Gasteiger partial charge in [-0.25, -0.2) is 18.7 Å². The van der Waals surface area contributed by atoms with E-state index in [1.165, 1.54) is 51.3 Å². The van der Waals surface area contributed by atoms with E-state index in [1.54, 1.807) is 18.5 Å². The molecule has 0 aliphatic carbocycles. The SMILES string of the molecule is Fc1ccc(-c2cnc(-c3ccnc(N4CCC(N5CCCCC5)CC4)c3)[nH]2)cc1F. The molecule has 2 fully saturated rings. The zero-order valence-electron chi connectivity index (χ0n) is 17.5. The average molecular weight is 424 g/mol. The number of benzene rings is 1. The van der Waals surface area contributed by atoms with E-state index in [2.05, 4.69) is 30.8 Å². The number of piperidine rings is 2. The van der Waals surface area contributed by atoms with E-state index >= 15 is 0 Å². The molecule has 162 valence electrons. The van der Waals surface area contributed by atoms with Crippen molar-refractivity contribution in [2.24, 2.45) is 0 Å². The predicted molar refractivity (Wildman–Crippen MR) is 118 cm³/mol. The number of hydrogen-bond donors (Lipinski definition) is 1. The Balaban J connectivity index is 1.29. The van der Waals surface area contributed by atoms with Gasteiger partial charge in [-0.3, -0.25) is 0 Å². The molecule has 4 heterocycles. The lowest BCUT2D eigenvalue weighted by Crippen LogP contribution is -2.46. The van der Waals surface area contributed by atoms with Crippen molar-refractivity contribution in [1.29, 1.82) is 0 Å². The highest BCUT2D eigenvalue weighted by atomic mass is 19.2. The third-order valence-corrected chi connectivity index (χ3v) is 6.52.